The minimum absolute atomic E-state index is 0.133. The molecular formula is C11H18N2O2S2. The van der Waals surface area contributed by atoms with Crippen LogP contribution in [0.25, 0.3) is 0 Å². The first-order chi connectivity index (χ1) is 8.05. The van der Waals surface area contributed by atoms with E-state index in [1.165, 1.54) is 0 Å². The van der Waals surface area contributed by atoms with Crippen LogP contribution in [0.2, 0.25) is 0 Å². The van der Waals surface area contributed by atoms with Crippen LogP contribution >= 0.6 is 11.3 Å². The van der Waals surface area contributed by atoms with E-state index >= 15 is 0 Å². The minimum Gasteiger partial charge on any atom is -0.313 e. The molecule has 2 heterocycles. The van der Waals surface area contributed by atoms with Crippen LogP contribution in [0.4, 0.5) is 0 Å². The predicted octanol–water partition coefficient (Wildman–Crippen LogP) is 1.16. The summed E-state index contributed by atoms with van der Waals surface area (Å²) in [4.78, 5) is 4.38. The molecule has 1 saturated heterocycles. The second-order valence-electron chi connectivity index (χ2n) is 4.52. The Morgan fingerprint density at radius 1 is 1.59 bits per heavy atom. The number of nitrogens with one attached hydrogen (secondary N) is 1. The van der Waals surface area contributed by atoms with E-state index in [4.69, 9.17) is 0 Å². The fraction of sp³-hybridized carbons (Fsp3) is 0.727. The minimum atomic E-state index is -2.80. The fourth-order valence-electron chi connectivity index (χ4n) is 2.11. The van der Waals surface area contributed by atoms with E-state index in [0.29, 0.717) is 11.5 Å². The fourth-order valence-corrected chi connectivity index (χ4v) is 4.43. The Morgan fingerprint density at radius 3 is 3.06 bits per heavy atom. The molecule has 2 rings (SSSR count). The summed E-state index contributed by atoms with van der Waals surface area (Å²) >= 11 is 1.66. The lowest BCUT2D eigenvalue weighted by molar-refractivity contribution is 0.482. The third-order valence-corrected chi connectivity index (χ3v) is 5.59. The van der Waals surface area contributed by atoms with Gasteiger partial charge in [0.05, 0.1) is 22.2 Å². The Labute approximate surface area is 106 Å². The van der Waals surface area contributed by atoms with Crippen molar-refractivity contribution in [3.8, 4) is 0 Å². The largest absolute Gasteiger partial charge is 0.313 e. The van der Waals surface area contributed by atoms with Gasteiger partial charge in [-0.05, 0) is 19.8 Å². The zero-order chi connectivity index (χ0) is 12.3. The van der Waals surface area contributed by atoms with Gasteiger partial charge < -0.3 is 5.32 Å². The Morgan fingerprint density at radius 2 is 2.41 bits per heavy atom. The molecule has 1 aliphatic heterocycles. The highest BCUT2D eigenvalue weighted by molar-refractivity contribution is 7.91. The van der Waals surface area contributed by atoms with Gasteiger partial charge in [-0.3, -0.25) is 0 Å². The summed E-state index contributed by atoms with van der Waals surface area (Å²) in [5.41, 5.74) is 1.10. The van der Waals surface area contributed by atoms with Crippen LogP contribution in [0.5, 0.6) is 0 Å². The number of rotatable bonds is 4. The van der Waals surface area contributed by atoms with E-state index in [0.717, 1.165) is 36.5 Å². The van der Waals surface area contributed by atoms with Crippen molar-refractivity contribution in [2.24, 2.45) is 0 Å². The summed E-state index contributed by atoms with van der Waals surface area (Å²) < 4.78 is 22.9. The van der Waals surface area contributed by atoms with Crippen molar-refractivity contribution in [3.63, 3.8) is 0 Å². The lowest BCUT2D eigenvalue weighted by Gasteiger charge is -2.22. The van der Waals surface area contributed by atoms with E-state index in [2.05, 4.69) is 15.7 Å². The van der Waals surface area contributed by atoms with Crippen molar-refractivity contribution in [1.82, 2.24) is 10.3 Å². The van der Waals surface area contributed by atoms with Crippen LogP contribution < -0.4 is 5.32 Å². The highest BCUT2D eigenvalue weighted by atomic mass is 32.2. The maximum atomic E-state index is 11.4. The van der Waals surface area contributed by atoms with E-state index < -0.39 is 9.84 Å². The van der Waals surface area contributed by atoms with E-state index in [9.17, 15) is 8.42 Å². The third-order valence-electron chi connectivity index (χ3n) is 2.94. The normalized spacial score (nSPS) is 23.7. The van der Waals surface area contributed by atoms with Crippen LogP contribution in [0, 0.1) is 6.92 Å². The van der Waals surface area contributed by atoms with Crippen LogP contribution in [0.1, 0.15) is 23.5 Å². The molecule has 0 spiro atoms. The molecule has 0 radical (unpaired) electrons. The predicted molar refractivity (Wildman–Crippen MR) is 70.2 cm³/mol. The summed E-state index contributed by atoms with van der Waals surface area (Å²) in [7, 11) is -2.80. The molecule has 17 heavy (non-hydrogen) atoms. The van der Waals surface area contributed by atoms with Gasteiger partial charge in [0, 0.05) is 24.4 Å². The van der Waals surface area contributed by atoms with Crippen LogP contribution in [-0.2, 0) is 16.3 Å². The molecule has 1 fully saturated rings. The van der Waals surface area contributed by atoms with Gasteiger partial charge in [-0.1, -0.05) is 0 Å². The smallest absolute Gasteiger partial charge is 0.151 e. The lowest BCUT2D eigenvalue weighted by atomic mass is 10.2. The summed E-state index contributed by atoms with van der Waals surface area (Å²) in [6.07, 6.45) is 2.63. The maximum Gasteiger partial charge on any atom is 0.151 e. The monoisotopic (exact) mass is 274 g/mol. The second-order valence-corrected chi connectivity index (χ2v) is 7.81. The summed E-state index contributed by atoms with van der Waals surface area (Å²) in [5, 5.41) is 6.47. The number of aryl methyl sites for hydroxylation is 1. The molecule has 96 valence electrons. The molecule has 1 aliphatic rings. The number of nitrogens with zero attached hydrogens (tertiary/aromatic N) is 1. The summed E-state index contributed by atoms with van der Waals surface area (Å²) in [6.45, 7) is 2.80. The highest BCUT2D eigenvalue weighted by Crippen LogP contribution is 2.12. The Bertz CT molecular complexity index is 468. The standard InChI is InChI=1S/C11H18N2O2S2/c1-9-13-10(7-16-9)4-5-12-11-3-2-6-17(14,15)8-11/h7,11-12H,2-6,8H2,1H3. The number of hydrogen-bond acceptors (Lipinski definition) is 5. The SMILES string of the molecule is Cc1nc(CCNC2CCCS(=O)(=O)C2)cs1. The van der Waals surface area contributed by atoms with Crippen molar-refractivity contribution in [2.75, 3.05) is 18.1 Å². The molecule has 0 aromatic carbocycles. The van der Waals surface area contributed by atoms with Gasteiger partial charge in [0.25, 0.3) is 0 Å². The summed E-state index contributed by atoms with van der Waals surface area (Å²) in [6, 6.07) is 0.133. The Balaban J connectivity index is 1.75. The third kappa shape index (κ3) is 4.04. The zero-order valence-corrected chi connectivity index (χ0v) is 11.6. The van der Waals surface area contributed by atoms with Crippen molar-refractivity contribution >= 4 is 21.2 Å². The molecule has 1 unspecified atom stereocenters. The van der Waals surface area contributed by atoms with Gasteiger partial charge in [0.1, 0.15) is 0 Å². The Hall–Kier alpha value is -0.460. The average Bonchev–Trinajstić information content (AvgIpc) is 2.63. The van der Waals surface area contributed by atoms with Crippen LogP contribution in [0.3, 0.4) is 0 Å². The van der Waals surface area contributed by atoms with Crippen LogP contribution in [-0.4, -0.2) is 37.5 Å². The van der Waals surface area contributed by atoms with Gasteiger partial charge in [0.2, 0.25) is 0 Å². The van der Waals surface area contributed by atoms with Crippen LogP contribution in [0.15, 0.2) is 5.38 Å². The molecule has 6 heteroatoms. The first-order valence-corrected chi connectivity index (χ1v) is 8.60. The maximum absolute atomic E-state index is 11.4. The second kappa shape index (κ2) is 5.46. The van der Waals surface area contributed by atoms with E-state index in [-0.39, 0.29) is 6.04 Å². The van der Waals surface area contributed by atoms with Crippen molar-refractivity contribution in [1.29, 1.82) is 0 Å². The number of thiazole rings is 1. The molecule has 0 aliphatic carbocycles. The molecule has 4 nitrogen and oxygen atoms in total. The average molecular weight is 274 g/mol. The van der Waals surface area contributed by atoms with Gasteiger partial charge in [-0.2, -0.15) is 0 Å². The molecule has 1 aromatic heterocycles. The zero-order valence-electron chi connectivity index (χ0n) is 9.98. The van der Waals surface area contributed by atoms with Gasteiger partial charge in [-0.25, -0.2) is 13.4 Å². The Kier molecular flexibility index (Phi) is 4.17. The first kappa shape index (κ1) is 13.0. The first-order valence-electron chi connectivity index (χ1n) is 5.90. The highest BCUT2D eigenvalue weighted by Gasteiger charge is 2.23. The molecule has 0 saturated carbocycles. The molecule has 1 N–H and O–H groups in total. The molecule has 1 atom stereocenters. The number of hydrogen-bond donors (Lipinski definition) is 1. The van der Waals surface area contributed by atoms with Gasteiger partial charge >= 0.3 is 0 Å². The summed E-state index contributed by atoms with van der Waals surface area (Å²) in [5.74, 6) is 0.652. The lowest BCUT2D eigenvalue weighted by Crippen LogP contribution is -2.40. The van der Waals surface area contributed by atoms with Crippen molar-refractivity contribution in [2.45, 2.75) is 32.2 Å². The number of sulfone groups is 1. The van der Waals surface area contributed by atoms with Gasteiger partial charge in [-0.15, -0.1) is 11.3 Å². The van der Waals surface area contributed by atoms with Gasteiger partial charge in [0.15, 0.2) is 9.84 Å². The molecular weight excluding hydrogens is 256 g/mol. The van der Waals surface area contributed by atoms with E-state index in [1.807, 2.05) is 6.92 Å². The van der Waals surface area contributed by atoms with Crippen molar-refractivity contribution in [3.05, 3.63) is 16.1 Å². The van der Waals surface area contributed by atoms with Crippen molar-refractivity contribution < 1.29 is 8.42 Å². The quantitative estimate of drug-likeness (QED) is 0.895. The van der Waals surface area contributed by atoms with E-state index in [1.54, 1.807) is 11.3 Å². The number of aromatic nitrogens is 1. The molecule has 1 aromatic rings. The molecule has 0 amide bonds. The molecule has 0 bridgehead atoms. The topological polar surface area (TPSA) is 59.1 Å².